The fourth-order valence-electron chi connectivity index (χ4n) is 2.61. The van der Waals surface area contributed by atoms with Crippen LogP contribution in [0.25, 0.3) is 0 Å². The van der Waals surface area contributed by atoms with Crippen LogP contribution >= 0.6 is 22.6 Å². The van der Waals surface area contributed by atoms with E-state index in [1.807, 2.05) is 6.92 Å². The number of aromatic nitrogens is 2. The summed E-state index contributed by atoms with van der Waals surface area (Å²) in [4.78, 5) is 8.93. The minimum Gasteiger partial charge on any atom is -0.383 e. The summed E-state index contributed by atoms with van der Waals surface area (Å²) in [5, 5.41) is 0. The number of rotatable bonds is 3. The van der Waals surface area contributed by atoms with Gasteiger partial charge in [0.15, 0.2) is 5.82 Å². The third-order valence-corrected chi connectivity index (χ3v) is 4.34. The number of ether oxygens (including phenoxy) is 1. The van der Waals surface area contributed by atoms with Crippen molar-refractivity contribution >= 4 is 28.4 Å². The number of nitrogens with two attached hydrogens (primary N) is 1. The van der Waals surface area contributed by atoms with Crippen LogP contribution in [0.2, 0.25) is 0 Å². The molecule has 0 aliphatic heterocycles. The summed E-state index contributed by atoms with van der Waals surface area (Å²) in [5.41, 5.74) is 5.59. The van der Waals surface area contributed by atoms with Crippen molar-refractivity contribution in [3.05, 3.63) is 15.6 Å². The molecule has 2 N–H and O–H groups in total. The molecule has 5 heteroatoms. The zero-order valence-electron chi connectivity index (χ0n) is 10.8. The van der Waals surface area contributed by atoms with Gasteiger partial charge in [-0.15, -0.1) is 0 Å². The first-order valence-electron chi connectivity index (χ1n) is 6.60. The molecule has 0 unspecified atom stereocenters. The summed E-state index contributed by atoms with van der Waals surface area (Å²) in [6.45, 7) is 2.72. The second kappa shape index (κ2) is 6.14. The van der Waals surface area contributed by atoms with Crippen molar-refractivity contribution in [2.75, 3.05) is 12.3 Å². The molecule has 0 bridgehead atoms. The Morgan fingerprint density at radius 1 is 1.33 bits per heavy atom. The maximum absolute atomic E-state index is 6.05. The van der Waals surface area contributed by atoms with Crippen LogP contribution in [0.4, 0.5) is 5.82 Å². The van der Waals surface area contributed by atoms with Crippen LogP contribution in [-0.4, -0.2) is 16.6 Å². The summed E-state index contributed by atoms with van der Waals surface area (Å²) in [6.07, 6.45) is 8.69. The average Bonchev–Trinajstić information content (AvgIpc) is 2.60. The number of nitrogens with zero attached hydrogens (tertiary/aromatic N) is 2. The smallest absolute Gasteiger partial charge is 0.162 e. The molecule has 1 aromatic rings. The van der Waals surface area contributed by atoms with Crippen molar-refractivity contribution in [2.45, 2.75) is 51.0 Å². The Bertz CT molecular complexity index is 403. The van der Waals surface area contributed by atoms with Crippen LogP contribution in [0, 0.1) is 3.57 Å². The van der Waals surface area contributed by atoms with Gasteiger partial charge >= 0.3 is 0 Å². The van der Waals surface area contributed by atoms with Gasteiger partial charge in [-0.05, 0) is 42.4 Å². The van der Waals surface area contributed by atoms with Crippen molar-refractivity contribution in [1.82, 2.24) is 9.97 Å². The Morgan fingerprint density at radius 3 is 2.56 bits per heavy atom. The molecule has 1 fully saturated rings. The van der Waals surface area contributed by atoms with Crippen molar-refractivity contribution in [3.63, 3.8) is 0 Å². The molecule has 1 aliphatic carbocycles. The van der Waals surface area contributed by atoms with Gasteiger partial charge in [-0.1, -0.05) is 25.7 Å². The van der Waals surface area contributed by atoms with Crippen LogP contribution in [0.5, 0.6) is 0 Å². The van der Waals surface area contributed by atoms with Gasteiger partial charge < -0.3 is 10.5 Å². The zero-order valence-corrected chi connectivity index (χ0v) is 12.9. The van der Waals surface area contributed by atoms with E-state index < -0.39 is 0 Å². The SMILES string of the molecule is CCOC1(c2ncc(I)c(N)n2)CCCCCC1. The quantitative estimate of drug-likeness (QED) is 0.663. The lowest BCUT2D eigenvalue weighted by molar-refractivity contribution is -0.0623. The standard InChI is InChI=1S/C13H20IN3O/c1-2-18-13(7-5-3-4-6-8-13)12-16-9-10(14)11(15)17-12/h9H,2-8H2,1H3,(H2,15,16,17). The highest BCUT2D eigenvalue weighted by Gasteiger charge is 2.36. The van der Waals surface area contributed by atoms with Gasteiger partial charge in [-0.25, -0.2) is 9.97 Å². The van der Waals surface area contributed by atoms with E-state index in [1.165, 1.54) is 25.7 Å². The predicted molar refractivity (Wildman–Crippen MR) is 80.2 cm³/mol. The van der Waals surface area contributed by atoms with Crippen LogP contribution in [0.15, 0.2) is 6.20 Å². The second-order valence-electron chi connectivity index (χ2n) is 4.77. The van der Waals surface area contributed by atoms with E-state index in [1.54, 1.807) is 6.20 Å². The molecule has 0 aromatic carbocycles. The van der Waals surface area contributed by atoms with Crippen molar-refractivity contribution in [3.8, 4) is 0 Å². The Labute approximate surface area is 122 Å². The fourth-order valence-corrected chi connectivity index (χ4v) is 2.87. The zero-order chi connectivity index (χ0) is 13.0. The average molecular weight is 361 g/mol. The molecule has 2 rings (SSSR count). The largest absolute Gasteiger partial charge is 0.383 e. The molecule has 1 aliphatic rings. The topological polar surface area (TPSA) is 61.0 Å². The maximum Gasteiger partial charge on any atom is 0.162 e. The normalized spacial score (nSPS) is 19.4. The van der Waals surface area contributed by atoms with Gasteiger partial charge in [0.25, 0.3) is 0 Å². The molecule has 1 saturated carbocycles. The van der Waals surface area contributed by atoms with E-state index in [0.29, 0.717) is 12.4 Å². The highest BCUT2D eigenvalue weighted by atomic mass is 127. The highest BCUT2D eigenvalue weighted by Crippen LogP contribution is 2.38. The van der Waals surface area contributed by atoms with Crippen molar-refractivity contribution < 1.29 is 4.74 Å². The molecule has 1 aromatic heterocycles. The minimum atomic E-state index is -0.316. The molecule has 100 valence electrons. The van der Waals surface area contributed by atoms with Gasteiger partial charge in [0, 0.05) is 12.8 Å². The lowest BCUT2D eigenvalue weighted by Gasteiger charge is -2.31. The van der Waals surface area contributed by atoms with E-state index in [-0.39, 0.29) is 5.60 Å². The Balaban J connectivity index is 2.35. The first-order valence-corrected chi connectivity index (χ1v) is 7.68. The summed E-state index contributed by atoms with van der Waals surface area (Å²) >= 11 is 2.15. The number of nitrogen functional groups attached to an aromatic ring is 1. The molecular formula is C13H20IN3O. The van der Waals surface area contributed by atoms with E-state index in [4.69, 9.17) is 10.5 Å². The third-order valence-electron chi connectivity index (χ3n) is 3.51. The van der Waals surface area contributed by atoms with Crippen LogP contribution in [-0.2, 0) is 10.3 Å². The highest BCUT2D eigenvalue weighted by molar-refractivity contribution is 14.1. The van der Waals surface area contributed by atoms with E-state index >= 15 is 0 Å². The molecule has 18 heavy (non-hydrogen) atoms. The summed E-state index contributed by atoms with van der Waals surface area (Å²) < 4.78 is 6.95. The molecule has 0 radical (unpaired) electrons. The third kappa shape index (κ3) is 2.93. The number of anilines is 1. The number of hydrogen-bond acceptors (Lipinski definition) is 4. The van der Waals surface area contributed by atoms with Crippen molar-refractivity contribution in [1.29, 1.82) is 0 Å². The first kappa shape index (κ1) is 14.0. The molecular weight excluding hydrogens is 341 g/mol. The molecule has 0 spiro atoms. The monoisotopic (exact) mass is 361 g/mol. The number of hydrogen-bond donors (Lipinski definition) is 1. The van der Waals surface area contributed by atoms with Gasteiger partial charge in [0.05, 0.1) is 3.57 Å². The molecule has 0 saturated heterocycles. The maximum atomic E-state index is 6.05. The summed E-state index contributed by atoms with van der Waals surface area (Å²) in [6, 6.07) is 0. The summed E-state index contributed by atoms with van der Waals surface area (Å²) in [5.74, 6) is 1.33. The van der Waals surface area contributed by atoms with E-state index in [0.717, 1.165) is 22.2 Å². The van der Waals surface area contributed by atoms with Crippen LogP contribution in [0.1, 0.15) is 51.3 Å². The Kier molecular flexibility index (Phi) is 4.77. The number of halogens is 1. The molecule has 0 atom stereocenters. The second-order valence-corrected chi connectivity index (χ2v) is 5.93. The van der Waals surface area contributed by atoms with Crippen LogP contribution in [0.3, 0.4) is 0 Å². The van der Waals surface area contributed by atoms with Gasteiger partial charge in [0.1, 0.15) is 11.4 Å². The lowest BCUT2D eigenvalue weighted by Crippen LogP contribution is -2.32. The minimum absolute atomic E-state index is 0.316. The van der Waals surface area contributed by atoms with Crippen LogP contribution < -0.4 is 5.73 Å². The van der Waals surface area contributed by atoms with E-state index in [9.17, 15) is 0 Å². The van der Waals surface area contributed by atoms with Crippen molar-refractivity contribution in [2.24, 2.45) is 0 Å². The predicted octanol–water partition coefficient (Wildman–Crippen LogP) is 3.25. The molecule has 0 amide bonds. The summed E-state index contributed by atoms with van der Waals surface area (Å²) in [7, 11) is 0. The fraction of sp³-hybridized carbons (Fsp3) is 0.692. The lowest BCUT2D eigenvalue weighted by atomic mass is 9.93. The van der Waals surface area contributed by atoms with Gasteiger partial charge in [-0.2, -0.15) is 0 Å². The first-order chi connectivity index (χ1) is 8.68. The Morgan fingerprint density at radius 2 is 2.00 bits per heavy atom. The molecule has 1 heterocycles. The van der Waals surface area contributed by atoms with E-state index in [2.05, 4.69) is 32.6 Å². The Hall–Kier alpha value is -0.430. The van der Waals surface area contributed by atoms with Gasteiger partial charge in [0.2, 0.25) is 0 Å². The van der Waals surface area contributed by atoms with Gasteiger partial charge in [-0.3, -0.25) is 0 Å². The molecule has 4 nitrogen and oxygen atoms in total.